The van der Waals surface area contributed by atoms with Crippen LogP contribution in [0.5, 0.6) is 0 Å². The van der Waals surface area contributed by atoms with Crippen molar-refractivity contribution in [3.8, 4) is 0 Å². The Labute approximate surface area is 108 Å². The van der Waals surface area contributed by atoms with Gasteiger partial charge in [0.2, 0.25) is 5.95 Å². The smallest absolute Gasteiger partial charge is 0.225 e. The van der Waals surface area contributed by atoms with Crippen LogP contribution in [0.4, 0.5) is 5.95 Å². The van der Waals surface area contributed by atoms with Crippen LogP contribution in [0.2, 0.25) is 0 Å². The molecule has 4 heteroatoms. The van der Waals surface area contributed by atoms with Gasteiger partial charge in [0.25, 0.3) is 0 Å². The molecule has 1 saturated carbocycles. The van der Waals surface area contributed by atoms with Crippen LogP contribution in [0.1, 0.15) is 30.5 Å². The van der Waals surface area contributed by atoms with Crippen molar-refractivity contribution in [3.63, 3.8) is 0 Å². The van der Waals surface area contributed by atoms with Crippen molar-refractivity contribution in [2.45, 2.75) is 38.8 Å². The minimum atomic E-state index is 0.733. The Bertz CT molecular complexity index is 451. The third-order valence-corrected chi connectivity index (χ3v) is 3.57. The van der Waals surface area contributed by atoms with E-state index in [2.05, 4.69) is 39.3 Å². The third kappa shape index (κ3) is 2.70. The second-order valence-corrected chi connectivity index (χ2v) is 5.14. The second-order valence-electron chi connectivity index (χ2n) is 5.14. The molecule has 0 amide bonds. The van der Waals surface area contributed by atoms with Gasteiger partial charge in [-0.15, -0.1) is 0 Å². The van der Waals surface area contributed by atoms with Gasteiger partial charge in [-0.3, -0.25) is 0 Å². The molecule has 0 saturated heterocycles. The number of nitrogens with zero attached hydrogens (tertiary/aromatic N) is 3. The molecule has 4 nitrogen and oxygen atoms in total. The van der Waals surface area contributed by atoms with Gasteiger partial charge in [-0.05, 0) is 26.2 Å². The van der Waals surface area contributed by atoms with E-state index >= 15 is 0 Å². The van der Waals surface area contributed by atoms with E-state index in [4.69, 9.17) is 0 Å². The summed E-state index contributed by atoms with van der Waals surface area (Å²) in [5, 5.41) is 3.51. The maximum absolute atomic E-state index is 4.64. The van der Waals surface area contributed by atoms with Gasteiger partial charge in [0.05, 0.1) is 0 Å². The molecular weight excluding hydrogens is 224 g/mol. The fourth-order valence-corrected chi connectivity index (χ4v) is 2.17. The van der Waals surface area contributed by atoms with Crippen LogP contribution in [-0.4, -0.2) is 29.1 Å². The molecule has 0 atom stereocenters. The summed E-state index contributed by atoms with van der Waals surface area (Å²) in [5.74, 6) is 0.868. The lowest BCUT2D eigenvalue weighted by Crippen LogP contribution is -2.29. The summed E-state index contributed by atoms with van der Waals surface area (Å²) in [4.78, 5) is 11.4. The van der Waals surface area contributed by atoms with Crippen molar-refractivity contribution in [3.05, 3.63) is 29.6 Å². The largest absolute Gasteiger partial charge is 0.337 e. The van der Waals surface area contributed by atoms with Crippen molar-refractivity contribution in [2.24, 2.45) is 0 Å². The first-order valence-electron chi connectivity index (χ1n) is 6.79. The lowest BCUT2D eigenvalue weighted by Gasteiger charge is -2.23. The van der Waals surface area contributed by atoms with Gasteiger partial charge < -0.3 is 10.2 Å². The van der Waals surface area contributed by atoms with Gasteiger partial charge in [-0.25, -0.2) is 9.97 Å². The molecule has 0 spiro atoms. The second kappa shape index (κ2) is 5.06. The summed E-state index contributed by atoms with van der Waals surface area (Å²) in [6.07, 6.45) is 10.1. The number of anilines is 1. The molecule has 0 radical (unpaired) electrons. The summed E-state index contributed by atoms with van der Waals surface area (Å²) in [6.45, 7) is 4.93. The molecule has 0 aromatic carbocycles. The molecule has 3 rings (SSSR count). The van der Waals surface area contributed by atoms with Gasteiger partial charge in [0.1, 0.15) is 0 Å². The van der Waals surface area contributed by atoms with Gasteiger partial charge in [-0.2, -0.15) is 0 Å². The van der Waals surface area contributed by atoms with Crippen LogP contribution in [0.25, 0.3) is 0 Å². The first-order chi connectivity index (χ1) is 8.83. The van der Waals surface area contributed by atoms with Crippen molar-refractivity contribution >= 4 is 5.95 Å². The molecule has 2 aliphatic rings. The molecule has 0 bridgehead atoms. The number of rotatable bonds is 4. The topological polar surface area (TPSA) is 41.1 Å². The highest BCUT2D eigenvalue weighted by molar-refractivity contribution is 5.35. The summed E-state index contributed by atoms with van der Waals surface area (Å²) in [5.41, 5.74) is 2.32. The first-order valence-corrected chi connectivity index (χ1v) is 6.79. The van der Waals surface area contributed by atoms with Crippen LogP contribution < -0.4 is 10.2 Å². The van der Waals surface area contributed by atoms with Gasteiger partial charge in [0, 0.05) is 43.1 Å². The molecule has 1 aliphatic carbocycles. The Morgan fingerprint density at radius 3 is 2.94 bits per heavy atom. The monoisotopic (exact) mass is 244 g/mol. The zero-order valence-electron chi connectivity index (χ0n) is 10.9. The van der Waals surface area contributed by atoms with E-state index in [0.717, 1.165) is 43.7 Å². The van der Waals surface area contributed by atoms with Crippen molar-refractivity contribution < 1.29 is 0 Å². The van der Waals surface area contributed by atoms with Gasteiger partial charge >= 0.3 is 0 Å². The Morgan fingerprint density at radius 2 is 2.28 bits per heavy atom. The molecule has 1 N–H and O–H groups in total. The van der Waals surface area contributed by atoms with E-state index in [1.165, 1.54) is 18.4 Å². The average Bonchev–Trinajstić information content (AvgIpc) is 3.22. The quantitative estimate of drug-likeness (QED) is 0.820. The Balaban J connectivity index is 1.68. The number of nitrogens with one attached hydrogen (secondary N) is 1. The summed E-state index contributed by atoms with van der Waals surface area (Å²) < 4.78 is 0. The molecule has 18 heavy (non-hydrogen) atoms. The van der Waals surface area contributed by atoms with E-state index in [-0.39, 0.29) is 0 Å². The molecule has 1 aliphatic heterocycles. The summed E-state index contributed by atoms with van der Waals surface area (Å²) in [6, 6.07) is 0.733. The van der Waals surface area contributed by atoms with E-state index in [9.17, 15) is 0 Å². The number of hydrogen-bond donors (Lipinski definition) is 1. The van der Waals surface area contributed by atoms with Crippen LogP contribution in [-0.2, 0) is 6.54 Å². The highest BCUT2D eigenvalue weighted by Gasteiger charge is 2.20. The van der Waals surface area contributed by atoms with Gasteiger partial charge in [0.15, 0.2) is 0 Å². The SMILES string of the molecule is Cc1nc(N2CC=CCC2)ncc1CNC1CC1. The van der Waals surface area contributed by atoms with Crippen LogP contribution in [0.3, 0.4) is 0 Å². The molecule has 96 valence electrons. The lowest BCUT2D eigenvalue weighted by molar-refractivity contribution is 0.677. The van der Waals surface area contributed by atoms with Crippen LogP contribution in [0, 0.1) is 6.92 Å². The lowest BCUT2D eigenvalue weighted by atomic mass is 10.2. The normalized spacial score (nSPS) is 19.3. The Hall–Kier alpha value is -1.42. The van der Waals surface area contributed by atoms with Crippen molar-refractivity contribution in [2.75, 3.05) is 18.0 Å². The van der Waals surface area contributed by atoms with E-state index in [1.807, 2.05) is 6.20 Å². The zero-order chi connectivity index (χ0) is 12.4. The predicted octanol–water partition coefficient (Wildman–Crippen LogP) is 1.80. The van der Waals surface area contributed by atoms with E-state index in [1.54, 1.807) is 0 Å². The minimum Gasteiger partial charge on any atom is -0.337 e. The fraction of sp³-hybridized carbons (Fsp3) is 0.571. The third-order valence-electron chi connectivity index (χ3n) is 3.57. The van der Waals surface area contributed by atoms with E-state index in [0.29, 0.717) is 0 Å². The summed E-state index contributed by atoms with van der Waals surface area (Å²) in [7, 11) is 0. The number of aromatic nitrogens is 2. The standard InChI is InChI=1S/C14H20N4/c1-11-12(9-15-13-5-6-13)10-16-14(17-11)18-7-3-2-4-8-18/h2-3,10,13,15H,4-9H2,1H3. The zero-order valence-corrected chi connectivity index (χ0v) is 10.9. The summed E-state index contributed by atoms with van der Waals surface area (Å²) >= 11 is 0. The Morgan fingerprint density at radius 1 is 1.39 bits per heavy atom. The van der Waals surface area contributed by atoms with Crippen LogP contribution in [0.15, 0.2) is 18.3 Å². The van der Waals surface area contributed by atoms with Crippen LogP contribution >= 0.6 is 0 Å². The van der Waals surface area contributed by atoms with Gasteiger partial charge in [-0.1, -0.05) is 12.2 Å². The highest BCUT2D eigenvalue weighted by atomic mass is 15.2. The first kappa shape index (κ1) is 11.7. The van der Waals surface area contributed by atoms with E-state index < -0.39 is 0 Å². The number of aryl methyl sites for hydroxylation is 1. The Kier molecular flexibility index (Phi) is 3.28. The molecule has 1 fully saturated rings. The molecule has 2 heterocycles. The highest BCUT2D eigenvalue weighted by Crippen LogP contribution is 2.20. The predicted molar refractivity (Wildman–Crippen MR) is 72.6 cm³/mol. The van der Waals surface area contributed by atoms with Crippen molar-refractivity contribution in [1.29, 1.82) is 0 Å². The number of hydrogen-bond acceptors (Lipinski definition) is 4. The molecule has 0 unspecified atom stereocenters. The molecule has 1 aromatic rings. The maximum atomic E-state index is 4.64. The average molecular weight is 244 g/mol. The molecule has 1 aromatic heterocycles. The fourth-order valence-electron chi connectivity index (χ4n) is 2.17. The van der Waals surface area contributed by atoms with Crippen molar-refractivity contribution in [1.82, 2.24) is 15.3 Å². The maximum Gasteiger partial charge on any atom is 0.225 e. The minimum absolute atomic E-state index is 0.733. The molecular formula is C14H20N4.